The molecular weight excluding hydrogens is 406 g/mol. The first kappa shape index (κ1) is 21.1. The minimum atomic E-state index is -3.47. The molecule has 0 fully saturated rings. The molecule has 0 unspecified atom stereocenters. The summed E-state index contributed by atoms with van der Waals surface area (Å²) >= 11 is 13.7. The zero-order chi connectivity index (χ0) is 19.9. The van der Waals surface area contributed by atoms with Crippen LogP contribution in [0.25, 0.3) is 0 Å². The van der Waals surface area contributed by atoms with E-state index in [9.17, 15) is 4.79 Å². The second-order valence-electron chi connectivity index (χ2n) is 7.03. The molecule has 0 radical (unpaired) electrons. The molecule has 0 spiro atoms. The molecule has 3 aromatic carbocycles. The van der Waals surface area contributed by atoms with Gasteiger partial charge in [-0.1, -0.05) is 0 Å². The molecule has 0 saturated heterocycles. The zero-order valence-corrected chi connectivity index (χ0v) is 18.2. The summed E-state index contributed by atoms with van der Waals surface area (Å²) in [5.74, 6) is -2.70. The van der Waals surface area contributed by atoms with Gasteiger partial charge in [-0.2, -0.15) is 0 Å². The van der Waals surface area contributed by atoms with Gasteiger partial charge in [0, 0.05) is 0 Å². The van der Waals surface area contributed by atoms with Crippen LogP contribution in [0.5, 0.6) is 0 Å². The summed E-state index contributed by atoms with van der Waals surface area (Å²) in [7, 11) is 0. The van der Waals surface area contributed by atoms with Crippen molar-refractivity contribution >= 4 is 50.5 Å². The van der Waals surface area contributed by atoms with Crippen molar-refractivity contribution in [2.24, 2.45) is 0 Å². The van der Waals surface area contributed by atoms with E-state index < -0.39 is 5.96 Å². The number of hydrogen-bond donors (Lipinski definition) is 0. The number of Topliss-reactive ketones (excluding diaryl/α,β-unsaturated/α-hetero) is 1. The van der Waals surface area contributed by atoms with Crippen molar-refractivity contribution in [3.8, 4) is 0 Å². The fourth-order valence-corrected chi connectivity index (χ4v) is 10.0. The van der Waals surface area contributed by atoms with Crippen LogP contribution in [0.3, 0.4) is 0 Å². The molecule has 146 valence electrons. The van der Waals surface area contributed by atoms with Gasteiger partial charge in [0.25, 0.3) is 0 Å². The van der Waals surface area contributed by atoms with E-state index in [-0.39, 0.29) is 5.78 Å². The predicted molar refractivity (Wildman–Crippen MR) is 125 cm³/mol. The molecule has 0 N–H and O–H groups in total. The predicted octanol–water partition coefficient (Wildman–Crippen LogP) is 5.65. The number of ketones is 1. The van der Waals surface area contributed by atoms with Gasteiger partial charge in [0.2, 0.25) is 0 Å². The zero-order valence-electron chi connectivity index (χ0n) is 15.8. The van der Waals surface area contributed by atoms with Crippen LogP contribution in [-0.4, -0.2) is 17.8 Å². The molecule has 1 nitrogen and oxygen atoms in total. The topological polar surface area (TPSA) is 17.1 Å². The molecule has 4 heteroatoms. The first-order valence-electron chi connectivity index (χ1n) is 9.57. The monoisotopic (exact) mass is 430 g/mol. The van der Waals surface area contributed by atoms with Crippen LogP contribution in [0.1, 0.15) is 19.3 Å². The Morgan fingerprint density at radius 2 is 1.07 bits per heavy atom. The maximum atomic E-state index is 13.2. The number of benzene rings is 3. The Labute approximate surface area is 177 Å². The summed E-state index contributed by atoms with van der Waals surface area (Å²) in [6, 6.07) is 30.4. The third-order valence-electron chi connectivity index (χ3n) is 5.20. The van der Waals surface area contributed by atoms with Crippen LogP contribution >= 0.6 is 28.8 Å². The summed E-state index contributed by atoms with van der Waals surface area (Å²) in [5, 5.41) is 3.08. The van der Waals surface area contributed by atoms with Crippen LogP contribution in [0, 0.1) is 0 Å². The van der Waals surface area contributed by atoms with Gasteiger partial charge in [0.1, 0.15) is 0 Å². The Morgan fingerprint density at radius 1 is 0.679 bits per heavy atom. The van der Waals surface area contributed by atoms with Gasteiger partial charge in [-0.3, -0.25) is 0 Å². The summed E-state index contributed by atoms with van der Waals surface area (Å²) in [6.07, 6.45) is 2.45. The molecule has 0 bridgehead atoms. The second kappa shape index (κ2) is 9.23. The van der Waals surface area contributed by atoms with Crippen LogP contribution < -0.4 is 15.9 Å². The average Bonchev–Trinajstić information content (AvgIpc) is 2.76. The Balaban J connectivity index is 2.23. The van der Waals surface area contributed by atoms with Crippen molar-refractivity contribution in [1.82, 2.24) is 0 Å². The minimum absolute atomic E-state index is 0.189. The van der Waals surface area contributed by atoms with Gasteiger partial charge < -0.3 is 0 Å². The normalized spacial score (nSPS) is 12.9. The van der Waals surface area contributed by atoms with Gasteiger partial charge in [-0.05, 0) is 0 Å². The van der Waals surface area contributed by atoms with Crippen LogP contribution in [0.4, 0.5) is 0 Å². The van der Waals surface area contributed by atoms with Gasteiger partial charge in [-0.15, -0.1) is 0 Å². The summed E-state index contributed by atoms with van der Waals surface area (Å²) < 4.78 is 0. The summed E-state index contributed by atoms with van der Waals surface area (Å²) in [5.41, 5.74) is 0. The number of hydrogen-bond acceptors (Lipinski definition) is 1. The van der Waals surface area contributed by atoms with Crippen molar-refractivity contribution in [1.29, 1.82) is 0 Å². The first-order valence-corrected chi connectivity index (χ1v) is 13.4. The van der Waals surface area contributed by atoms with E-state index in [0.717, 1.165) is 28.8 Å². The van der Waals surface area contributed by atoms with E-state index in [4.69, 9.17) is 22.8 Å². The molecule has 0 aliphatic heterocycles. The molecule has 0 aliphatic rings. The molecule has 3 rings (SSSR count). The SMILES string of the molecule is O=C(CCCCCl)CP(Cl)(c1ccccc1)(c1ccccc1)c1ccccc1. The number of rotatable bonds is 9. The standard InChI is InChI=1S/C24H25Cl2OP/c25-19-11-10-12-21(27)20-28(26,22-13-4-1-5-14-22,23-15-6-2-7-16-23)24-17-8-3-9-18-24/h1-9,13-18H,10-12,19-20H2. The van der Waals surface area contributed by atoms with Crippen LogP contribution in [0.2, 0.25) is 0 Å². The number of halogens is 2. The molecule has 0 aliphatic carbocycles. The van der Waals surface area contributed by atoms with Crippen molar-refractivity contribution in [2.45, 2.75) is 19.3 Å². The Bertz CT molecular complexity index is 798. The van der Waals surface area contributed by atoms with E-state index in [1.807, 2.05) is 54.6 Å². The van der Waals surface area contributed by atoms with Crippen LogP contribution in [0.15, 0.2) is 91.0 Å². The van der Waals surface area contributed by atoms with E-state index in [2.05, 4.69) is 36.4 Å². The van der Waals surface area contributed by atoms with E-state index in [0.29, 0.717) is 18.5 Å². The molecule has 3 aromatic rings. The summed E-state index contributed by atoms with van der Waals surface area (Å²) in [4.78, 5) is 13.2. The van der Waals surface area contributed by atoms with E-state index in [1.165, 1.54) is 0 Å². The molecule has 0 amide bonds. The fourth-order valence-electron chi connectivity index (χ4n) is 3.76. The average molecular weight is 431 g/mol. The van der Waals surface area contributed by atoms with Gasteiger partial charge in [0.05, 0.1) is 0 Å². The van der Waals surface area contributed by atoms with Crippen molar-refractivity contribution in [2.75, 3.05) is 12.0 Å². The second-order valence-corrected chi connectivity index (χ2v) is 13.9. The molecule has 0 heterocycles. The maximum absolute atomic E-state index is 13.2. The molecular formula is C24H25Cl2OP. The number of alkyl halides is 1. The molecule has 0 saturated carbocycles. The fraction of sp³-hybridized carbons (Fsp3) is 0.208. The van der Waals surface area contributed by atoms with Crippen LogP contribution in [-0.2, 0) is 4.79 Å². The van der Waals surface area contributed by atoms with Crippen molar-refractivity contribution in [3.05, 3.63) is 91.0 Å². The van der Waals surface area contributed by atoms with E-state index >= 15 is 0 Å². The molecule has 0 atom stereocenters. The van der Waals surface area contributed by atoms with Crippen molar-refractivity contribution in [3.63, 3.8) is 0 Å². The number of carbonyl (C=O) groups is 1. The number of carbonyl (C=O) groups excluding carboxylic acids is 1. The van der Waals surface area contributed by atoms with Crippen molar-refractivity contribution < 1.29 is 4.79 Å². The third-order valence-corrected chi connectivity index (χ3v) is 12.6. The Kier molecular flexibility index (Phi) is 6.94. The molecule has 28 heavy (non-hydrogen) atoms. The molecule has 0 aromatic heterocycles. The first-order chi connectivity index (χ1) is 13.6. The summed E-state index contributed by atoms with van der Waals surface area (Å²) in [6.45, 7) is 0. The quantitative estimate of drug-likeness (QED) is 0.243. The van der Waals surface area contributed by atoms with Gasteiger partial charge >= 0.3 is 178 Å². The number of unbranched alkanes of at least 4 members (excludes halogenated alkanes) is 1. The van der Waals surface area contributed by atoms with Gasteiger partial charge in [0.15, 0.2) is 0 Å². The third kappa shape index (κ3) is 4.03. The Morgan fingerprint density at radius 3 is 1.43 bits per heavy atom. The Hall–Kier alpha value is -1.66. The van der Waals surface area contributed by atoms with E-state index in [1.54, 1.807) is 0 Å². The van der Waals surface area contributed by atoms with Gasteiger partial charge in [-0.25, -0.2) is 0 Å².